The molecule has 37 heavy (non-hydrogen) atoms. The number of rotatable bonds is 6. The molecule has 3 aromatic heterocycles. The van der Waals surface area contributed by atoms with Crippen molar-refractivity contribution in [1.29, 1.82) is 0 Å². The Hall–Kier alpha value is -4.07. The number of nitrogens with zero attached hydrogens (tertiary/aromatic N) is 6. The fourth-order valence-corrected chi connectivity index (χ4v) is 5.35. The third-order valence-electron chi connectivity index (χ3n) is 7.36. The molecule has 1 saturated heterocycles. The number of aryl methyl sites for hydroxylation is 1. The van der Waals surface area contributed by atoms with E-state index in [-0.39, 0.29) is 5.91 Å². The largest absolute Gasteiger partial charge is 0.362 e. The molecule has 4 heterocycles. The molecule has 1 aliphatic carbocycles. The van der Waals surface area contributed by atoms with Gasteiger partial charge in [-0.15, -0.1) is 0 Å². The first-order valence-electron chi connectivity index (χ1n) is 13.0. The Balaban J connectivity index is 1.28. The van der Waals surface area contributed by atoms with E-state index in [0.29, 0.717) is 23.2 Å². The molecule has 1 saturated carbocycles. The maximum absolute atomic E-state index is 12.9. The predicted octanol–water partition coefficient (Wildman–Crippen LogP) is 5.07. The van der Waals surface area contributed by atoms with Crippen LogP contribution in [0.25, 0.3) is 16.8 Å². The number of aliphatic imine (C=N–C) groups is 1. The number of nitrogens with one attached hydrogen (secondary N) is 1. The van der Waals surface area contributed by atoms with Crippen LogP contribution in [0, 0.1) is 6.92 Å². The highest BCUT2D eigenvalue weighted by atomic mass is 16.1. The van der Waals surface area contributed by atoms with Gasteiger partial charge in [-0.3, -0.25) is 19.2 Å². The lowest BCUT2D eigenvalue weighted by Gasteiger charge is -2.30. The van der Waals surface area contributed by atoms with Crippen LogP contribution in [-0.4, -0.2) is 56.6 Å². The van der Waals surface area contributed by atoms with Crippen molar-refractivity contribution < 1.29 is 4.79 Å². The molecular formula is C29H31N7O. The van der Waals surface area contributed by atoms with Crippen molar-refractivity contribution in [2.75, 3.05) is 25.5 Å². The van der Waals surface area contributed by atoms with Gasteiger partial charge in [-0.2, -0.15) is 0 Å². The highest BCUT2D eigenvalue weighted by Gasteiger charge is 2.27. The summed E-state index contributed by atoms with van der Waals surface area (Å²) < 4.78 is 2.19. The van der Waals surface area contributed by atoms with Crippen molar-refractivity contribution in [2.45, 2.75) is 44.4 Å². The molecule has 8 heteroatoms. The summed E-state index contributed by atoms with van der Waals surface area (Å²) in [6.07, 6.45) is 12.2. The average molecular weight is 494 g/mol. The van der Waals surface area contributed by atoms with Crippen molar-refractivity contribution >= 4 is 23.6 Å². The number of fused-ring (bicyclic) bond motifs is 1. The van der Waals surface area contributed by atoms with Gasteiger partial charge in [-0.25, -0.2) is 9.97 Å². The molecule has 1 amide bonds. The molecule has 1 aliphatic heterocycles. The summed E-state index contributed by atoms with van der Waals surface area (Å²) in [4.78, 5) is 33.4. The number of carbonyl (C=O) groups is 1. The molecule has 0 spiro atoms. The molecule has 0 bridgehead atoms. The van der Waals surface area contributed by atoms with E-state index in [0.717, 1.165) is 54.2 Å². The summed E-state index contributed by atoms with van der Waals surface area (Å²) in [5.41, 5.74) is 5.64. The number of anilines is 1. The molecule has 8 nitrogen and oxygen atoms in total. The molecule has 188 valence electrons. The Morgan fingerprint density at radius 3 is 2.70 bits per heavy atom. The fraction of sp³-hybridized carbons (Fsp3) is 0.345. The predicted molar refractivity (Wildman–Crippen MR) is 145 cm³/mol. The normalized spacial score (nSPS) is 18.0. The summed E-state index contributed by atoms with van der Waals surface area (Å²) >= 11 is 0. The number of imidazole rings is 1. The van der Waals surface area contributed by atoms with Gasteiger partial charge in [0, 0.05) is 55.8 Å². The van der Waals surface area contributed by atoms with Crippen LogP contribution in [0.5, 0.6) is 0 Å². The van der Waals surface area contributed by atoms with Crippen LogP contribution in [0.15, 0.2) is 60.0 Å². The molecule has 2 aliphatic rings. The molecule has 6 rings (SSSR count). The van der Waals surface area contributed by atoms with Crippen LogP contribution in [0.2, 0.25) is 0 Å². The number of piperidine rings is 1. The Morgan fingerprint density at radius 1 is 1.08 bits per heavy atom. The van der Waals surface area contributed by atoms with Gasteiger partial charge in [-0.1, -0.05) is 12.1 Å². The molecule has 4 aromatic rings. The lowest BCUT2D eigenvalue weighted by Crippen LogP contribution is -2.34. The van der Waals surface area contributed by atoms with E-state index < -0.39 is 0 Å². The van der Waals surface area contributed by atoms with E-state index in [4.69, 9.17) is 4.98 Å². The monoisotopic (exact) mass is 493 g/mol. The summed E-state index contributed by atoms with van der Waals surface area (Å²) in [7, 11) is 1.81. The first kappa shape index (κ1) is 23.3. The molecule has 1 N–H and O–H groups in total. The van der Waals surface area contributed by atoms with Gasteiger partial charge in [-0.05, 0) is 68.4 Å². The number of aromatic nitrogens is 4. The van der Waals surface area contributed by atoms with E-state index >= 15 is 0 Å². The van der Waals surface area contributed by atoms with Gasteiger partial charge in [0.2, 0.25) is 0 Å². The minimum atomic E-state index is -0.167. The Bertz CT molecular complexity index is 1470. The standard InChI is InChI=1S/C29H31N7O/c1-19-27-26(34-28(36(27)15-13-31-19)24-4-3-14-35(17-24)18-30-2)21-7-9-22(10-8-21)29(37)33-25-16-23(11-12-32-25)20-5-6-20/h7-13,15-16,18,20,24H,3-6,14,17H2,1-2H3,(H,32,33,37)/t24-/m1/s1. The van der Waals surface area contributed by atoms with Crippen molar-refractivity contribution in [3.63, 3.8) is 0 Å². The minimum absolute atomic E-state index is 0.167. The van der Waals surface area contributed by atoms with Crippen molar-refractivity contribution in [3.8, 4) is 11.3 Å². The second kappa shape index (κ2) is 9.76. The zero-order valence-electron chi connectivity index (χ0n) is 21.3. The highest BCUT2D eigenvalue weighted by Crippen LogP contribution is 2.40. The SMILES string of the molecule is CN=CN1CCC[C@@H](c2nc(-c3ccc(C(=O)Nc4cc(C5CC5)ccn4)cc3)c3c(C)nccn23)C1. The van der Waals surface area contributed by atoms with E-state index in [1.54, 1.807) is 6.20 Å². The molecule has 0 unspecified atom stereocenters. The van der Waals surface area contributed by atoms with Crippen LogP contribution >= 0.6 is 0 Å². The Kier molecular flexibility index (Phi) is 6.16. The molecule has 1 atom stereocenters. The van der Waals surface area contributed by atoms with Crippen LogP contribution in [0.3, 0.4) is 0 Å². The van der Waals surface area contributed by atoms with Gasteiger partial charge in [0.1, 0.15) is 11.6 Å². The Morgan fingerprint density at radius 2 is 1.92 bits per heavy atom. The maximum atomic E-state index is 12.9. The maximum Gasteiger partial charge on any atom is 0.256 e. The number of amides is 1. The summed E-state index contributed by atoms with van der Waals surface area (Å²) in [5, 5.41) is 2.95. The van der Waals surface area contributed by atoms with Gasteiger partial charge >= 0.3 is 0 Å². The Labute approximate surface area is 216 Å². The van der Waals surface area contributed by atoms with E-state index in [1.165, 1.54) is 18.4 Å². The first-order valence-corrected chi connectivity index (χ1v) is 13.0. The summed E-state index contributed by atoms with van der Waals surface area (Å²) in [6, 6.07) is 11.7. The molecule has 2 fully saturated rings. The lowest BCUT2D eigenvalue weighted by atomic mass is 9.97. The number of pyridine rings is 1. The fourth-order valence-electron chi connectivity index (χ4n) is 5.35. The van der Waals surface area contributed by atoms with Crippen molar-refractivity contribution in [2.24, 2.45) is 4.99 Å². The van der Waals surface area contributed by atoms with Gasteiger partial charge < -0.3 is 10.2 Å². The van der Waals surface area contributed by atoms with Crippen molar-refractivity contribution in [1.82, 2.24) is 24.3 Å². The van der Waals surface area contributed by atoms with Gasteiger partial charge in [0.15, 0.2) is 0 Å². The third-order valence-corrected chi connectivity index (χ3v) is 7.36. The first-order chi connectivity index (χ1) is 18.1. The molecular weight excluding hydrogens is 462 g/mol. The number of hydrogen-bond donors (Lipinski definition) is 1. The van der Waals surface area contributed by atoms with Crippen LogP contribution in [0.1, 0.15) is 65.0 Å². The van der Waals surface area contributed by atoms with Crippen LogP contribution in [-0.2, 0) is 0 Å². The minimum Gasteiger partial charge on any atom is -0.362 e. The van der Waals surface area contributed by atoms with Crippen LogP contribution < -0.4 is 5.32 Å². The number of likely N-dealkylation sites (tertiary alicyclic amines) is 1. The summed E-state index contributed by atoms with van der Waals surface area (Å²) in [5.74, 6) is 2.40. The number of benzene rings is 1. The second-order valence-corrected chi connectivity index (χ2v) is 10.0. The van der Waals surface area contributed by atoms with E-state index in [1.807, 2.05) is 69.1 Å². The van der Waals surface area contributed by atoms with E-state index in [9.17, 15) is 4.79 Å². The van der Waals surface area contributed by atoms with E-state index in [2.05, 4.69) is 29.6 Å². The topological polar surface area (TPSA) is 87.8 Å². The molecule has 0 radical (unpaired) electrons. The average Bonchev–Trinajstić information content (AvgIpc) is 3.70. The quantitative estimate of drug-likeness (QED) is 0.299. The number of carbonyl (C=O) groups excluding carboxylic acids is 1. The molecule has 1 aromatic carbocycles. The van der Waals surface area contributed by atoms with Gasteiger partial charge in [0.05, 0.1) is 23.2 Å². The second-order valence-electron chi connectivity index (χ2n) is 10.0. The summed E-state index contributed by atoms with van der Waals surface area (Å²) in [6.45, 7) is 3.94. The zero-order chi connectivity index (χ0) is 25.4. The van der Waals surface area contributed by atoms with Gasteiger partial charge in [0.25, 0.3) is 5.91 Å². The zero-order valence-corrected chi connectivity index (χ0v) is 21.3. The number of hydrogen-bond acceptors (Lipinski definition) is 5. The highest BCUT2D eigenvalue weighted by molar-refractivity contribution is 6.04. The van der Waals surface area contributed by atoms with Crippen LogP contribution in [0.4, 0.5) is 5.82 Å². The smallest absolute Gasteiger partial charge is 0.256 e. The lowest BCUT2D eigenvalue weighted by molar-refractivity contribution is 0.102. The third kappa shape index (κ3) is 4.71. The van der Waals surface area contributed by atoms with Crippen molar-refractivity contribution in [3.05, 3.63) is 77.6 Å².